The van der Waals surface area contributed by atoms with Crippen LogP contribution in [0.3, 0.4) is 0 Å². The Labute approximate surface area is 151 Å². The summed E-state index contributed by atoms with van der Waals surface area (Å²) >= 11 is 0. The monoisotopic (exact) mass is 351 g/mol. The molecule has 0 aliphatic carbocycles. The minimum absolute atomic E-state index is 0.00908. The lowest BCUT2D eigenvalue weighted by Gasteiger charge is -2.18. The summed E-state index contributed by atoms with van der Waals surface area (Å²) < 4.78 is 0. The molecule has 2 aromatic rings. The van der Waals surface area contributed by atoms with Gasteiger partial charge in [0.25, 0.3) is 5.91 Å². The Kier molecular flexibility index (Phi) is 4.88. The van der Waals surface area contributed by atoms with Gasteiger partial charge >= 0.3 is 0 Å². The van der Waals surface area contributed by atoms with Gasteiger partial charge in [-0.25, -0.2) is 0 Å². The van der Waals surface area contributed by atoms with Crippen molar-refractivity contribution in [2.24, 2.45) is 5.73 Å². The fourth-order valence-corrected chi connectivity index (χ4v) is 3.03. The number of hydrogen-bond acceptors (Lipinski definition) is 4. The van der Waals surface area contributed by atoms with Crippen LogP contribution in [0, 0.1) is 5.41 Å². The zero-order valence-corrected chi connectivity index (χ0v) is 14.2. The minimum atomic E-state index is -0.557. The van der Waals surface area contributed by atoms with Gasteiger partial charge < -0.3 is 21.7 Å². The fraction of sp³-hybridized carbons (Fsp3) is 0.211. The topological polar surface area (TPSA) is 125 Å². The number of anilines is 1. The van der Waals surface area contributed by atoms with Gasteiger partial charge in [0.1, 0.15) is 11.9 Å². The molecule has 26 heavy (non-hydrogen) atoms. The van der Waals surface area contributed by atoms with E-state index in [2.05, 4.69) is 5.32 Å². The molecule has 0 bridgehead atoms. The third kappa shape index (κ3) is 3.66. The summed E-state index contributed by atoms with van der Waals surface area (Å²) in [5.74, 6) is -0.479. The number of carbonyl (C=O) groups excluding carboxylic acids is 2. The Bertz CT molecular complexity index is 865. The van der Waals surface area contributed by atoms with Gasteiger partial charge in [-0.1, -0.05) is 30.3 Å². The molecular weight excluding hydrogens is 330 g/mol. The van der Waals surface area contributed by atoms with Crippen molar-refractivity contribution in [2.75, 3.05) is 12.3 Å². The number of nitrogens with zero attached hydrogens (tertiary/aromatic N) is 1. The molecule has 1 fully saturated rings. The Morgan fingerprint density at radius 1 is 1.23 bits per heavy atom. The van der Waals surface area contributed by atoms with Crippen LogP contribution >= 0.6 is 0 Å². The first-order chi connectivity index (χ1) is 12.5. The van der Waals surface area contributed by atoms with Crippen molar-refractivity contribution >= 4 is 23.3 Å². The lowest BCUT2D eigenvalue weighted by Crippen LogP contribution is -2.41. The van der Waals surface area contributed by atoms with Gasteiger partial charge in [-0.05, 0) is 30.2 Å². The average molecular weight is 351 g/mol. The number of nitrogen functional groups attached to an aromatic ring is 2. The molecule has 134 valence electrons. The molecule has 1 aliphatic heterocycles. The van der Waals surface area contributed by atoms with Crippen LogP contribution in [0.15, 0.2) is 48.5 Å². The van der Waals surface area contributed by atoms with E-state index in [1.807, 2.05) is 12.1 Å². The number of rotatable bonds is 5. The Morgan fingerprint density at radius 3 is 2.73 bits per heavy atom. The second-order valence-electron chi connectivity index (χ2n) is 6.28. The largest absolute Gasteiger partial charge is 0.398 e. The number of nitrogens with two attached hydrogens (primary N) is 2. The SMILES string of the molecule is N=C(N)c1cccc(CN2CC[C@H](NC(=O)c3ccccc3N)C2=O)c1. The predicted octanol–water partition coefficient (Wildman–Crippen LogP) is 1.08. The van der Waals surface area contributed by atoms with Crippen LogP contribution < -0.4 is 16.8 Å². The zero-order valence-electron chi connectivity index (χ0n) is 14.2. The number of hydrogen-bond donors (Lipinski definition) is 4. The number of para-hydroxylation sites is 1. The highest BCUT2D eigenvalue weighted by Gasteiger charge is 2.33. The molecule has 0 aromatic heterocycles. The molecule has 0 spiro atoms. The van der Waals surface area contributed by atoms with Gasteiger partial charge in [-0.3, -0.25) is 15.0 Å². The highest BCUT2D eigenvalue weighted by Crippen LogP contribution is 2.17. The van der Waals surface area contributed by atoms with E-state index in [4.69, 9.17) is 16.9 Å². The maximum absolute atomic E-state index is 12.6. The lowest BCUT2D eigenvalue weighted by atomic mass is 10.1. The summed E-state index contributed by atoms with van der Waals surface area (Å²) in [5.41, 5.74) is 13.6. The standard InChI is InChI=1S/C19H21N5O2/c20-15-7-2-1-6-14(15)18(25)23-16-8-9-24(19(16)26)11-12-4-3-5-13(10-12)17(21)22/h1-7,10,16H,8-9,11,20H2,(H3,21,22)(H,23,25)/t16-/m0/s1. The van der Waals surface area contributed by atoms with E-state index in [9.17, 15) is 9.59 Å². The molecule has 2 amide bonds. The normalized spacial score (nSPS) is 16.5. The number of carbonyl (C=O) groups is 2. The van der Waals surface area contributed by atoms with E-state index in [1.54, 1.807) is 41.3 Å². The molecule has 0 saturated carbocycles. The second-order valence-corrected chi connectivity index (χ2v) is 6.28. The highest BCUT2D eigenvalue weighted by molar-refractivity contribution is 6.01. The van der Waals surface area contributed by atoms with Crippen LogP contribution in [-0.2, 0) is 11.3 Å². The number of amides is 2. The van der Waals surface area contributed by atoms with E-state index < -0.39 is 6.04 Å². The minimum Gasteiger partial charge on any atom is -0.398 e. The molecule has 1 aliphatic rings. The number of nitrogens with one attached hydrogen (secondary N) is 2. The molecule has 6 N–H and O–H groups in total. The quantitative estimate of drug-likeness (QED) is 0.365. The Morgan fingerprint density at radius 2 is 2.00 bits per heavy atom. The van der Waals surface area contributed by atoms with Crippen LogP contribution in [0.4, 0.5) is 5.69 Å². The third-order valence-corrected chi connectivity index (χ3v) is 4.42. The number of amidine groups is 1. The summed E-state index contributed by atoms with van der Waals surface area (Å²) in [6.45, 7) is 0.970. The van der Waals surface area contributed by atoms with Gasteiger partial charge in [-0.2, -0.15) is 0 Å². The van der Waals surface area contributed by atoms with Gasteiger partial charge in [0.2, 0.25) is 5.91 Å². The smallest absolute Gasteiger partial charge is 0.254 e. The first-order valence-corrected chi connectivity index (χ1v) is 8.33. The summed E-state index contributed by atoms with van der Waals surface area (Å²) in [6, 6.07) is 13.5. The first kappa shape index (κ1) is 17.5. The molecule has 7 nitrogen and oxygen atoms in total. The highest BCUT2D eigenvalue weighted by atomic mass is 16.2. The predicted molar refractivity (Wildman–Crippen MR) is 99.6 cm³/mol. The maximum atomic E-state index is 12.6. The van der Waals surface area contributed by atoms with E-state index in [1.165, 1.54) is 0 Å². The van der Waals surface area contributed by atoms with Gasteiger partial charge in [0, 0.05) is 24.3 Å². The fourth-order valence-electron chi connectivity index (χ4n) is 3.03. The molecule has 3 rings (SSSR count). The van der Waals surface area contributed by atoms with Crippen molar-refractivity contribution < 1.29 is 9.59 Å². The average Bonchev–Trinajstić information content (AvgIpc) is 2.95. The van der Waals surface area contributed by atoms with Crippen molar-refractivity contribution in [2.45, 2.75) is 19.0 Å². The number of likely N-dealkylation sites (tertiary alicyclic amines) is 1. The van der Waals surface area contributed by atoms with Crippen LogP contribution in [0.2, 0.25) is 0 Å². The molecule has 1 atom stereocenters. The maximum Gasteiger partial charge on any atom is 0.254 e. The van der Waals surface area contributed by atoms with E-state index in [-0.39, 0.29) is 17.6 Å². The summed E-state index contributed by atoms with van der Waals surface area (Å²) in [4.78, 5) is 26.6. The van der Waals surface area contributed by atoms with Crippen LogP contribution in [-0.4, -0.2) is 35.1 Å². The molecule has 0 unspecified atom stereocenters. The van der Waals surface area contributed by atoms with E-state index in [0.717, 1.165) is 5.56 Å². The van der Waals surface area contributed by atoms with Crippen molar-refractivity contribution in [1.29, 1.82) is 5.41 Å². The molecule has 7 heteroatoms. The van der Waals surface area contributed by atoms with Crippen molar-refractivity contribution in [1.82, 2.24) is 10.2 Å². The Balaban J connectivity index is 1.65. The van der Waals surface area contributed by atoms with Gasteiger partial charge in [0.15, 0.2) is 0 Å². The summed E-state index contributed by atoms with van der Waals surface area (Å²) in [7, 11) is 0. The molecule has 1 saturated heterocycles. The van der Waals surface area contributed by atoms with E-state index >= 15 is 0 Å². The molecule has 0 radical (unpaired) electrons. The van der Waals surface area contributed by atoms with Gasteiger partial charge in [0.05, 0.1) is 5.56 Å². The Hall–Kier alpha value is -3.35. The van der Waals surface area contributed by atoms with Crippen molar-refractivity contribution in [3.63, 3.8) is 0 Å². The molecule has 2 aromatic carbocycles. The van der Waals surface area contributed by atoms with E-state index in [0.29, 0.717) is 36.3 Å². The summed E-state index contributed by atoms with van der Waals surface area (Å²) in [6.07, 6.45) is 0.545. The lowest BCUT2D eigenvalue weighted by molar-refractivity contribution is -0.129. The second kappa shape index (κ2) is 7.26. The van der Waals surface area contributed by atoms with Crippen molar-refractivity contribution in [3.05, 3.63) is 65.2 Å². The van der Waals surface area contributed by atoms with Crippen molar-refractivity contribution in [3.8, 4) is 0 Å². The van der Waals surface area contributed by atoms with Crippen LogP contribution in [0.5, 0.6) is 0 Å². The van der Waals surface area contributed by atoms with Crippen LogP contribution in [0.25, 0.3) is 0 Å². The molecule has 1 heterocycles. The third-order valence-electron chi connectivity index (χ3n) is 4.42. The first-order valence-electron chi connectivity index (χ1n) is 8.33. The van der Waals surface area contributed by atoms with Crippen LogP contribution in [0.1, 0.15) is 27.9 Å². The summed E-state index contributed by atoms with van der Waals surface area (Å²) in [5, 5.41) is 10.3. The number of benzene rings is 2. The molecular formula is C19H21N5O2. The zero-order chi connectivity index (χ0) is 18.7. The van der Waals surface area contributed by atoms with Gasteiger partial charge in [-0.15, -0.1) is 0 Å².